The highest BCUT2D eigenvalue weighted by molar-refractivity contribution is 5.62. The third kappa shape index (κ3) is 3.80. The summed E-state index contributed by atoms with van der Waals surface area (Å²) in [4.78, 5) is 13.6. The normalized spacial score (nSPS) is 19.8. The molecule has 1 aliphatic heterocycles. The summed E-state index contributed by atoms with van der Waals surface area (Å²) in [5.41, 5.74) is 0.903. The Balaban J connectivity index is 1.90. The predicted molar refractivity (Wildman–Crippen MR) is 69.3 cm³/mol. The lowest BCUT2D eigenvalue weighted by Crippen LogP contribution is -2.52. The van der Waals surface area contributed by atoms with Crippen LogP contribution in [0.2, 0.25) is 0 Å². The Morgan fingerprint density at radius 3 is 2.20 bits per heavy atom. The molecule has 20 heavy (non-hydrogen) atoms. The molecule has 0 bridgehead atoms. The van der Waals surface area contributed by atoms with E-state index in [0.717, 1.165) is 11.8 Å². The Morgan fingerprint density at radius 1 is 1.10 bits per heavy atom. The maximum atomic E-state index is 12.5. The number of benzene rings is 1. The minimum Gasteiger partial charge on any atom is -0.303 e. The van der Waals surface area contributed by atoms with Gasteiger partial charge in [-0.2, -0.15) is 13.2 Å². The summed E-state index contributed by atoms with van der Waals surface area (Å²) in [6, 6.07) is 9.31. The molecule has 0 spiro atoms. The Labute approximate surface area is 116 Å². The second kappa shape index (κ2) is 6.37. The van der Waals surface area contributed by atoms with Crippen LogP contribution in [0.25, 0.3) is 0 Å². The van der Waals surface area contributed by atoms with E-state index in [0.29, 0.717) is 24.5 Å². The van der Waals surface area contributed by atoms with Crippen molar-refractivity contribution >= 4 is 6.29 Å². The molecule has 6 heteroatoms. The van der Waals surface area contributed by atoms with Crippen LogP contribution in [0.1, 0.15) is 11.5 Å². The van der Waals surface area contributed by atoms with Gasteiger partial charge in [0, 0.05) is 32.7 Å². The van der Waals surface area contributed by atoms with E-state index >= 15 is 0 Å². The number of hydrogen-bond donors (Lipinski definition) is 0. The first-order valence-corrected chi connectivity index (χ1v) is 6.55. The molecule has 0 aliphatic carbocycles. The molecule has 0 N–H and O–H groups in total. The number of carbonyl (C=O) groups is 1. The van der Waals surface area contributed by atoms with Crippen LogP contribution in [0.15, 0.2) is 30.3 Å². The molecule has 1 heterocycles. The number of nitrogens with zero attached hydrogens (tertiary/aromatic N) is 2. The quantitative estimate of drug-likeness (QED) is 0.625. The molecule has 1 aliphatic rings. The van der Waals surface area contributed by atoms with E-state index in [1.807, 2.05) is 35.2 Å². The largest absolute Gasteiger partial charge is 0.460 e. The van der Waals surface area contributed by atoms with Crippen LogP contribution in [-0.2, 0) is 4.79 Å². The zero-order valence-electron chi connectivity index (χ0n) is 11.0. The average molecular weight is 286 g/mol. The zero-order chi connectivity index (χ0) is 14.6. The molecular formula is C14H17F3N2O. The van der Waals surface area contributed by atoms with Gasteiger partial charge in [-0.15, -0.1) is 0 Å². The van der Waals surface area contributed by atoms with E-state index in [9.17, 15) is 18.0 Å². The number of piperazine rings is 1. The second-order valence-corrected chi connectivity index (χ2v) is 4.91. The monoisotopic (exact) mass is 286 g/mol. The predicted octanol–water partition coefficient (Wildman–Crippen LogP) is 2.11. The molecule has 1 saturated heterocycles. The Kier molecular flexibility index (Phi) is 4.77. The van der Waals surface area contributed by atoms with E-state index in [-0.39, 0.29) is 19.0 Å². The molecule has 2 rings (SSSR count). The fraction of sp³-hybridized carbons (Fsp3) is 0.500. The van der Waals surface area contributed by atoms with E-state index in [1.165, 1.54) is 0 Å². The number of aldehydes is 1. The maximum absolute atomic E-state index is 12.5. The summed E-state index contributed by atoms with van der Waals surface area (Å²) >= 11 is 0. The molecule has 3 nitrogen and oxygen atoms in total. The van der Waals surface area contributed by atoms with Gasteiger partial charge in [-0.3, -0.25) is 4.90 Å². The molecule has 1 fully saturated rings. The Hall–Kier alpha value is -1.40. The first-order chi connectivity index (χ1) is 9.50. The molecule has 0 saturated carbocycles. The summed E-state index contributed by atoms with van der Waals surface area (Å²) < 4.78 is 37.5. The number of carbonyl (C=O) groups excluding carboxylic acids is 1. The summed E-state index contributed by atoms with van der Waals surface area (Å²) in [5, 5.41) is 0. The minimum atomic E-state index is -4.25. The van der Waals surface area contributed by atoms with Crippen molar-refractivity contribution < 1.29 is 18.0 Å². The average Bonchev–Trinajstić information content (AvgIpc) is 2.45. The molecule has 0 aromatic heterocycles. The smallest absolute Gasteiger partial charge is 0.303 e. The van der Waals surface area contributed by atoms with Crippen molar-refractivity contribution in [1.82, 2.24) is 9.80 Å². The van der Waals surface area contributed by atoms with Gasteiger partial charge in [0.25, 0.3) is 0 Å². The lowest BCUT2D eigenvalue weighted by atomic mass is 10.00. The lowest BCUT2D eigenvalue weighted by Gasteiger charge is -2.36. The van der Waals surface area contributed by atoms with E-state index in [1.54, 1.807) is 0 Å². The maximum Gasteiger partial charge on any atom is 0.460 e. The third-order valence-corrected chi connectivity index (χ3v) is 3.58. The van der Waals surface area contributed by atoms with Crippen LogP contribution in [0.3, 0.4) is 0 Å². The Bertz CT molecular complexity index is 428. The van der Waals surface area contributed by atoms with Crippen LogP contribution in [-0.4, -0.2) is 55.1 Å². The lowest BCUT2D eigenvalue weighted by molar-refractivity contribution is -0.252. The van der Waals surface area contributed by atoms with Crippen LogP contribution < -0.4 is 0 Å². The summed E-state index contributed by atoms with van der Waals surface area (Å²) in [7, 11) is 0. The molecule has 1 aromatic rings. The van der Waals surface area contributed by atoms with Crippen LogP contribution >= 0.6 is 0 Å². The van der Waals surface area contributed by atoms with Crippen molar-refractivity contribution in [3.05, 3.63) is 35.9 Å². The summed E-state index contributed by atoms with van der Waals surface area (Å²) in [6.45, 7) is 1.06. The minimum absolute atomic E-state index is 0.0378. The van der Waals surface area contributed by atoms with E-state index in [4.69, 9.17) is 0 Å². The first kappa shape index (κ1) is 15.0. The summed E-state index contributed by atoms with van der Waals surface area (Å²) in [6.07, 6.45) is -3.39. The first-order valence-electron chi connectivity index (χ1n) is 6.55. The number of halogens is 3. The highest BCUT2D eigenvalue weighted by atomic mass is 19.4. The zero-order valence-corrected chi connectivity index (χ0v) is 11.0. The van der Waals surface area contributed by atoms with E-state index in [2.05, 4.69) is 0 Å². The third-order valence-electron chi connectivity index (χ3n) is 3.58. The summed E-state index contributed by atoms with van der Waals surface area (Å²) in [5.74, 6) is -0.284. The fourth-order valence-electron chi connectivity index (χ4n) is 2.39. The molecule has 1 aromatic carbocycles. The van der Waals surface area contributed by atoms with Crippen molar-refractivity contribution in [2.24, 2.45) is 0 Å². The van der Waals surface area contributed by atoms with Crippen LogP contribution in [0.5, 0.6) is 0 Å². The topological polar surface area (TPSA) is 23.6 Å². The van der Waals surface area contributed by atoms with Gasteiger partial charge < -0.3 is 4.79 Å². The SMILES string of the molecule is O=CC(CN1CCN(C(F)(F)F)CC1)c1ccccc1. The highest BCUT2D eigenvalue weighted by Gasteiger charge is 2.38. The van der Waals surface area contributed by atoms with E-state index < -0.39 is 6.30 Å². The van der Waals surface area contributed by atoms with Gasteiger partial charge in [-0.25, -0.2) is 4.90 Å². The molecular weight excluding hydrogens is 269 g/mol. The van der Waals surface area contributed by atoms with Crippen molar-refractivity contribution in [2.75, 3.05) is 32.7 Å². The number of alkyl halides is 3. The van der Waals surface area contributed by atoms with Crippen LogP contribution in [0, 0.1) is 0 Å². The van der Waals surface area contributed by atoms with Gasteiger partial charge >= 0.3 is 6.30 Å². The van der Waals surface area contributed by atoms with Crippen molar-refractivity contribution in [2.45, 2.75) is 12.2 Å². The van der Waals surface area contributed by atoms with Gasteiger partial charge in [0.15, 0.2) is 0 Å². The van der Waals surface area contributed by atoms with Gasteiger partial charge in [0.2, 0.25) is 0 Å². The fourth-order valence-corrected chi connectivity index (χ4v) is 2.39. The molecule has 1 atom stereocenters. The molecule has 1 unspecified atom stereocenters. The second-order valence-electron chi connectivity index (χ2n) is 4.91. The van der Waals surface area contributed by atoms with Gasteiger partial charge in [-0.1, -0.05) is 30.3 Å². The van der Waals surface area contributed by atoms with Gasteiger partial charge in [0.1, 0.15) is 6.29 Å². The number of rotatable bonds is 4. The highest BCUT2D eigenvalue weighted by Crippen LogP contribution is 2.23. The van der Waals surface area contributed by atoms with Crippen molar-refractivity contribution in [3.8, 4) is 0 Å². The van der Waals surface area contributed by atoms with Crippen molar-refractivity contribution in [1.29, 1.82) is 0 Å². The molecule has 0 amide bonds. The van der Waals surface area contributed by atoms with Crippen LogP contribution in [0.4, 0.5) is 13.2 Å². The Morgan fingerprint density at radius 2 is 1.70 bits per heavy atom. The molecule has 0 radical (unpaired) electrons. The van der Waals surface area contributed by atoms with Crippen molar-refractivity contribution in [3.63, 3.8) is 0 Å². The van der Waals surface area contributed by atoms with Gasteiger partial charge in [0.05, 0.1) is 5.92 Å². The van der Waals surface area contributed by atoms with Gasteiger partial charge in [-0.05, 0) is 5.56 Å². The standard InChI is InChI=1S/C14H17F3N2O/c15-14(16,17)19-8-6-18(7-9-19)10-13(11-20)12-4-2-1-3-5-12/h1-5,11,13H,6-10H2. The molecule has 110 valence electrons. The number of hydrogen-bond acceptors (Lipinski definition) is 3.